The average Bonchev–Trinajstić information content (AvgIpc) is 2.57. The highest BCUT2D eigenvalue weighted by Gasteiger charge is 2.07. The molecule has 5 N–H and O–H groups in total. The standard InChI is InChI=1S/C21H29N3O2/c1-15-10-16(2)12-17(11-15)4-3-8-24-21(25)14-18-5-6-20(19(23)13-18)26-9-7-22/h5-6,10-13H,3-4,7-9,14,22-23H2,1-2H3,(H,24,25). The number of hydrogen-bond donors (Lipinski definition) is 3. The van der Waals surface area contributed by atoms with Gasteiger partial charge in [-0.3, -0.25) is 4.79 Å². The van der Waals surface area contributed by atoms with Crippen molar-refractivity contribution < 1.29 is 9.53 Å². The van der Waals surface area contributed by atoms with E-state index >= 15 is 0 Å². The van der Waals surface area contributed by atoms with Gasteiger partial charge in [0.25, 0.3) is 0 Å². The van der Waals surface area contributed by atoms with Crippen molar-refractivity contribution in [3.05, 3.63) is 58.7 Å². The molecule has 140 valence electrons. The Morgan fingerprint density at radius 1 is 1.08 bits per heavy atom. The van der Waals surface area contributed by atoms with Gasteiger partial charge in [-0.1, -0.05) is 35.4 Å². The van der Waals surface area contributed by atoms with Crippen molar-refractivity contribution in [2.24, 2.45) is 5.73 Å². The number of amides is 1. The van der Waals surface area contributed by atoms with Crippen molar-refractivity contribution in [2.45, 2.75) is 33.1 Å². The molecule has 2 aromatic carbocycles. The van der Waals surface area contributed by atoms with Gasteiger partial charge in [-0.2, -0.15) is 0 Å². The third kappa shape index (κ3) is 6.41. The summed E-state index contributed by atoms with van der Waals surface area (Å²) in [4.78, 5) is 12.1. The van der Waals surface area contributed by atoms with Crippen LogP contribution in [-0.4, -0.2) is 25.6 Å². The molecule has 0 aliphatic carbocycles. The Morgan fingerprint density at radius 3 is 2.46 bits per heavy atom. The van der Waals surface area contributed by atoms with Gasteiger partial charge in [-0.05, 0) is 49.9 Å². The van der Waals surface area contributed by atoms with E-state index in [1.54, 1.807) is 12.1 Å². The second kappa shape index (κ2) is 9.82. The minimum atomic E-state index is 0.000416. The molecule has 0 bridgehead atoms. The first-order valence-electron chi connectivity index (χ1n) is 9.03. The van der Waals surface area contributed by atoms with Crippen molar-refractivity contribution in [1.29, 1.82) is 0 Å². The molecular formula is C21H29N3O2. The lowest BCUT2D eigenvalue weighted by molar-refractivity contribution is -0.120. The van der Waals surface area contributed by atoms with E-state index in [2.05, 4.69) is 37.4 Å². The molecular weight excluding hydrogens is 326 g/mol. The summed E-state index contributed by atoms with van der Waals surface area (Å²) in [5.74, 6) is 0.605. The quantitative estimate of drug-likeness (QED) is 0.476. The molecule has 2 rings (SSSR count). The number of rotatable bonds is 9. The molecule has 0 heterocycles. The van der Waals surface area contributed by atoms with E-state index in [9.17, 15) is 4.79 Å². The van der Waals surface area contributed by atoms with Gasteiger partial charge in [-0.15, -0.1) is 0 Å². The fraction of sp³-hybridized carbons (Fsp3) is 0.381. The Hall–Kier alpha value is -2.53. The number of nitrogens with two attached hydrogens (primary N) is 2. The SMILES string of the molecule is Cc1cc(C)cc(CCCNC(=O)Cc2ccc(OCCN)c(N)c2)c1. The summed E-state index contributed by atoms with van der Waals surface area (Å²) < 4.78 is 5.43. The molecule has 0 radical (unpaired) electrons. The zero-order valence-corrected chi connectivity index (χ0v) is 15.7. The maximum Gasteiger partial charge on any atom is 0.224 e. The van der Waals surface area contributed by atoms with Crippen LogP contribution < -0.4 is 21.5 Å². The van der Waals surface area contributed by atoms with Gasteiger partial charge >= 0.3 is 0 Å². The second-order valence-corrected chi connectivity index (χ2v) is 6.64. The van der Waals surface area contributed by atoms with E-state index in [0.29, 0.717) is 37.6 Å². The molecule has 5 nitrogen and oxygen atoms in total. The highest BCUT2D eigenvalue weighted by atomic mass is 16.5. The van der Waals surface area contributed by atoms with Gasteiger partial charge in [0.1, 0.15) is 12.4 Å². The summed E-state index contributed by atoms with van der Waals surface area (Å²) in [6.07, 6.45) is 2.19. The zero-order valence-electron chi connectivity index (χ0n) is 15.7. The van der Waals surface area contributed by atoms with Gasteiger partial charge < -0.3 is 21.5 Å². The molecule has 5 heteroatoms. The van der Waals surface area contributed by atoms with Gasteiger partial charge in [0.15, 0.2) is 0 Å². The summed E-state index contributed by atoms with van der Waals surface area (Å²) in [6.45, 7) is 5.74. The lowest BCUT2D eigenvalue weighted by atomic mass is 10.0. The van der Waals surface area contributed by atoms with Crippen LogP contribution in [0.3, 0.4) is 0 Å². The minimum Gasteiger partial charge on any atom is -0.490 e. The van der Waals surface area contributed by atoms with Crippen LogP contribution in [0, 0.1) is 13.8 Å². The van der Waals surface area contributed by atoms with Crippen LogP contribution in [0.5, 0.6) is 5.75 Å². The Bertz CT molecular complexity index is 724. The van der Waals surface area contributed by atoms with Crippen molar-refractivity contribution >= 4 is 11.6 Å². The van der Waals surface area contributed by atoms with Gasteiger partial charge in [0.05, 0.1) is 12.1 Å². The molecule has 0 saturated heterocycles. The molecule has 0 spiro atoms. The molecule has 0 fully saturated rings. The number of nitrogen functional groups attached to an aromatic ring is 1. The number of nitrogens with one attached hydrogen (secondary N) is 1. The van der Waals surface area contributed by atoms with Crippen LogP contribution in [0.4, 0.5) is 5.69 Å². The fourth-order valence-corrected chi connectivity index (χ4v) is 2.99. The summed E-state index contributed by atoms with van der Waals surface area (Å²) in [6, 6.07) is 12.0. The summed E-state index contributed by atoms with van der Waals surface area (Å²) in [7, 11) is 0. The highest BCUT2D eigenvalue weighted by Crippen LogP contribution is 2.22. The second-order valence-electron chi connectivity index (χ2n) is 6.64. The van der Waals surface area contributed by atoms with E-state index in [4.69, 9.17) is 16.2 Å². The van der Waals surface area contributed by atoms with Crippen LogP contribution in [0.1, 0.15) is 28.7 Å². The van der Waals surface area contributed by atoms with E-state index in [-0.39, 0.29) is 5.91 Å². The Kier molecular flexibility index (Phi) is 7.48. The smallest absolute Gasteiger partial charge is 0.224 e. The molecule has 0 aliphatic rings. The third-order valence-electron chi connectivity index (χ3n) is 4.06. The lowest BCUT2D eigenvalue weighted by Crippen LogP contribution is -2.26. The number of anilines is 1. The molecule has 0 atom stereocenters. The summed E-state index contributed by atoms with van der Waals surface area (Å²) in [5.41, 5.74) is 16.6. The average molecular weight is 355 g/mol. The van der Waals surface area contributed by atoms with Crippen LogP contribution in [0.2, 0.25) is 0 Å². The van der Waals surface area contributed by atoms with Crippen molar-refractivity contribution in [3.63, 3.8) is 0 Å². The molecule has 1 amide bonds. The van der Waals surface area contributed by atoms with Gasteiger partial charge in [-0.25, -0.2) is 0 Å². The predicted octanol–water partition coefficient (Wildman–Crippen LogP) is 2.51. The molecule has 0 aliphatic heterocycles. The monoisotopic (exact) mass is 355 g/mol. The van der Waals surface area contributed by atoms with Crippen molar-refractivity contribution in [2.75, 3.05) is 25.4 Å². The Morgan fingerprint density at radius 2 is 1.81 bits per heavy atom. The first-order chi connectivity index (χ1) is 12.5. The van der Waals surface area contributed by atoms with Crippen LogP contribution in [0.15, 0.2) is 36.4 Å². The third-order valence-corrected chi connectivity index (χ3v) is 4.06. The van der Waals surface area contributed by atoms with Crippen molar-refractivity contribution in [1.82, 2.24) is 5.32 Å². The molecule has 0 saturated carbocycles. The normalized spacial score (nSPS) is 10.6. The lowest BCUT2D eigenvalue weighted by Gasteiger charge is -2.10. The van der Waals surface area contributed by atoms with Crippen LogP contribution >= 0.6 is 0 Å². The number of carbonyl (C=O) groups excluding carboxylic acids is 1. The zero-order chi connectivity index (χ0) is 18.9. The van der Waals surface area contributed by atoms with Gasteiger partial charge in [0, 0.05) is 13.1 Å². The highest BCUT2D eigenvalue weighted by molar-refractivity contribution is 5.79. The molecule has 26 heavy (non-hydrogen) atoms. The topological polar surface area (TPSA) is 90.4 Å². The molecule has 0 unspecified atom stereocenters. The summed E-state index contributed by atoms with van der Waals surface area (Å²) >= 11 is 0. The number of benzene rings is 2. The van der Waals surface area contributed by atoms with Crippen molar-refractivity contribution in [3.8, 4) is 5.75 Å². The summed E-state index contributed by atoms with van der Waals surface area (Å²) in [5, 5.41) is 2.97. The fourth-order valence-electron chi connectivity index (χ4n) is 2.99. The van der Waals surface area contributed by atoms with Gasteiger partial charge in [0.2, 0.25) is 5.91 Å². The van der Waals surface area contributed by atoms with E-state index in [1.165, 1.54) is 16.7 Å². The van der Waals surface area contributed by atoms with Crippen LogP contribution in [-0.2, 0) is 17.6 Å². The number of aryl methyl sites for hydroxylation is 3. The Labute approximate surface area is 155 Å². The first-order valence-corrected chi connectivity index (χ1v) is 9.03. The largest absolute Gasteiger partial charge is 0.490 e. The number of carbonyl (C=O) groups is 1. The van der Waals surface area contributed by atoms with E-state index in [1.807, 2.05) is 6.07 Å². The van der Waals surface area contributed by atoms with E-state index < -0.39 is 0 Å². The number of ether oxygens (including phenoxy) is 1. The van der Waals surface area contributed by atoms with E-state index in [0.717, 1.165) is 18.4 Å². The maximum atomic E-state index is 12.1. The first kappa shape index (κ1) is 19.8. The molecule has 0 aromatic heterocycles. The maximum absolute atomic E-state index is 12.1. The predicted molar refractivity (Wildman–Crippen MR) is 106 cm³/mol. The number of hydrogen-bond acceptors (Lipinski definition) is 4. The molecule has 2 aromatic rings. The van der Waals surface area contributed by atoms with Crippen LogP contribution in [0.25, 0.3) is 0 Å². The minimum absolute atomic E-state index is 0.000416. The Balaban J connectivity index is 1.75.